The Morgan fingerprint density at radius 2 is 0.455 bits per heavy atom. The van der Waals surface area contributed by atoms with Gasteiger partial charge < -0.3 is 20.4 Å². The summed E-state index contributed by atoms with van der Waals surface area (Å²) in [6, 6.07) is 31.5. The van der Waals surface area contributed by atoms with Gasteiger partial charge in [-0.1, -0.05) is 261 Å². The zero-order valence-corrected chi connectivity index (χ0v) is 49.1. The van der Waals surface area contributed by atoms with Gasteiger partial charge in [-0.2, -0.15) is 0 Å². The zero-order chi connectivity index (χ0) is 54.0. The highest BCUT2D eigenvalue weighted by Gasteiger charge is 2.40. The second kappa shape index (κ2) is 33.0. The molecular formula is C73H110O4. The first-order valence-electron chi connectivity index (χ1n) is 32.9. The van der Waals surface area contributed by atoms with Gasteiger partial charge in [0.15, 0.2) is 0 Å². The molecule has 4 aliphatic carbocycles. The minimum atomic E-state index is -0.00892. The fourth-order valence-corrected chi connectivity index (χ4v) is 15.4. The van der Waals surface area contributed by atoms with E-state index >= 15 is 0 Å². The van der Waals surface area contributed by atoms with Crippen LogP contribution in [0.15, 0.2) is 97.1 Å². The SMILES string of the molecule is CCCCCCCCCCC1CCC(CCC2CCC(c3ccc(O)cc3)(c3ccc(O)cc3)CC2)CC1.CCCCCCCCCCCC1CCC(CCC2CCC(c3ccc(O)cc3)(c3ccc(O)cc3)CC2)CC1. The van der Waals surface area contributed by atoms with Crippen LogP contribution in [0.4, 0.5) is 0 Å². The summed E-state index contributed by atoms with van der Waals surface area (Å²) < 4.78 is 0. The lowest BCUT2D eigenvalue weighted by Gasteiger charge is -2.42. The fourth-order valence-electron chi connectivity index (χ4n) is 15.4. The molecule has 0 aromatic heterocycles. The van der Waals surface area contributed by atoms with Crippen molar-refractivity contribution in [3.8, 4) is 23.0 Å². The molecule has 4 aromatic rings. The van der Waals surface area contributed by atoms with Crippen LogP contribution in [-0.2, 0) is 10.8 Å². The van der Waals surface area contributed by atoms with E-state index in [1.165, 1.54) is 247 Å². The highest BCUT2D eigenvalue weighted by atomic mass is 16.3. The predicted octanol–water partition coefficient (Wildman–Crippen LogP) is 21.8. The Hall–Kier alpha value is -3.92. The molecule has 77 heavy (non-hydrogen) atoms. The Bertz CT molecular complexity index is 2030. The molecule has 4 heteroatoms. The van der Waals surface area contributed by atoms with Crippen molar-refractivity contribution in [2.45, 2.75) is 275 Å². The number of hydrogen-bond donors (Lipinski definition) is 4. The van der Waals surface area contributed by atoms with Gasteiger partial charge in [0.25, 0.3) is 0 Å². The summed E-state index contributed by atoms with van der Waals surface area (Å²) in [5.41, 5.74) is 5.18. The van der Waals surface area contributed by atoms with E-state index in [4.69, 9.17) is 0 Å². The van der Waals surface area contributed by atoms with Crippen LogP contribution in [-0.4, -0.2) is 20.4 Å². The topological polar surface area (TPSA) is 80.9 Å². The number of rotatable bonds is 29. The highest BCUT2D eigenvalue weighted by Crippen LogP contribution is 2.50. The molecule has 0 bridgehead atoms. The Morgan fingerprint density at radius 3 is 0.688 bits per heavy atom. The summed E-state index contributed by atoms with van der Waals surface area (Å²) in [4.78, 5) is 0. The minimum absolute atomic E-state index is 0.00847. The molecule has 0 heterocycles. The first-order valence-corrected chi connectivity index (χ1v) is 32.9. The average molecular weight is 1050 g/mol. The zero-order valence-electron chi connectivity index (χ0n) is 49.1. The smallest absolute Gasteiger partial charge is 0.115 e. The molecule has 0 atom stereocenters. The van der Waals surface area contributed by atoms with Crippen LogP contribution in [0.25, 0.3) is 0 Å². The van der Waals surface area contributed by atoms with Crippen molar-refractivity contribution in [1.82, 2.24) is 0 Å². The Morgan fingerprint density at radius 1 is 0.260 bits per heavy atom. The lowest BCUT2D eigenvalue weighted by molar-refractivity contribution is 0.208. The van der Waals surface area contributed by atoms with E-state index in [9.17, 15) is 20.4 Å². The van der Waals surface area contributed by atoms with Crippen molar-refractivity contribution in [2.75, 3.05) is 0 Å². The van der Waals surface area contributed by atoms with E-state index in [1.54, 1.807) is 0 Å². The quantitative estimate of drug-likeness (QED) is 0.0409. The van der Waals surface area contributed by atoms with Gasteiger partial charge in [-0.15, -0.1) is 0 Å². The summed E-state index contributed by atoms with van der Waals surface area (Å²) >= 11 is 0. The molecule has 4 saturated carbocycles. The van der Waals surface area contributed by atoms with Crippen LogP contribution in [0.1, 0.15) is 287 Å². The number of unbranched alkanes of at least 4 members (excludes halogenated alkanes) is 15. The highest BCUT2D eigenvalue weighted by molar-refractivity contribution is 5.45. The van der Waals surface area contributed by atoms with E-state index in [-0.39, 0.29) is 10.8 Å². The lowest BCUT2D eigenvalue weighted by Crippen LogP contribution is -2.33. The van der Waals surface area contributed by atoms with E-state index < -0.39 is 0 Å². The third kappa shape index (κ3) is 19.4. The summed E-state index contributed by atoms with van der Waals surface area (Å²) in [6.07, 6.45) is 54.7. The molecule has 4 nitrogen and oxygen atoms in total. The van der Waals surface area contributed by atoms with E-state index in [0.717, 1.165) is 61.2 Å². The molecule has 8 rings (SSSR count). The van der Waals surface area contributed by atoms with Gasteiger partial charge in [0.1, 0.15) is 23.0 Å². The van der Waals surface area contributed by atoms with Crippen molar-refractivity contribution >= 4 is 0 Å². The van der Waals surface area contributed by atoms with Gasteiger partial charge in [0.05, 0.1) is 0 Å². The molecule has 0 saturated heterocycles. The van der Waals surface area contributed by atoms with Crippen LogP contribution in [0.2, 0.25) is 0 Å². The molecule has 4 aromatic carbocycles. The van der Waals surface area contributed by atoms with Gasteiger partial charge in [0.2, 0.25) is 0 Å². The maximum Gasteiger partial charge on any atom is 0.115 e. The molecule has 0 spiro atoms. The van der Waals surface area contributed by atoms with E-state index in [0.29, 0.717) is 23.0 Å². The average Bonchev–Trinajstić information content (AvgIpc) is 3.49. The maximum atomic E-state index is 9.87. The van der Waals surface area contributed by atoms with E-state index in [2.05, 4.69) is 62.4 Å². The van der Waals surface area contributed by atoms with Crippen LogP contribution >= 0.6 is 0 Å². The molecular weight excluding hydrogens is 941 g/mol. The van der Waals surface area contributed by atoms with Crippen molar-refractivity contribution < 1.29 is 20.4 Å². The van der Waals surface area contributed by atoms with E-state index in [1.807, 2.05) is 48.5 Å². The second-order valence-electron chi connectivity index (χ2n) is 26.0. The predicted molar refractivity (Wildman–Crippen MR) is 326 cm³/mol. The first-order chi connectivity index (χ1) is 37.7. The Balaban J connectivity index is 0.000000224. The summed E-state index contributed by atoms with van der Waals surface area (Å²) in [7, 11) is 0. The normalized spacial score (nSPS) is 21.8. The van der Waals surface area contributed by atoms with Gasteiger partial charge in [-0.25, -0.2) is 0 Å². The standard InChI is InChI=1S/C37H56O2.C36H54O2/c1-2-3-4-5-6-7-8-9-10-11-30-12-14-31(15-13-30)16-17-32-26-28-37(29-27-32,33-18-22-35(38)23-19-33)34-20-24-36(39)25-21-34;1-2-3-4-5-6-7-8-9-10-29-11-13-30(14-12-29)15-16-31-25-27-36(28-26-31,32-17-21-34(37)22-18-32)33-19-23-35(38)24-20-33/h18-25,30-32,38-39H,2-17,26-29H2,1H3;17-24,29-31,37-38H,2-16,25-28H2,1H3. The third-order valence-electron chi connectivity index (χ3n) is 20.7. The maximum absolute atomic E-state index is 9.87. The van der Waals surface area contributed by atoms with Gasteiger partial charge in [-0.3, -0.25) is 0 Å². The first kappa shape index (κ1) is 60.7. The molecule has 0 aliphatic heterocycles. The van der Waals surface area contributed by atoms with Gasteiger partial charge in [0, 0.05) is 10.8 Å². The third-order valence-corrected chi connectivity index (χ3v) is 20.7. The summed E-state index contributed by atoms with van der Waals surface area (Å²) in [6.45, 7) is 4.60. The molecule has 0 radical (unpaired) electrons. The van der Waals surface area contributed by atoms with Crippen molar-refractivity contribution in [3.63, 3.8) is 0 Å². The van der Waals surface area contributed by atoms with Gasteiger partial charge in [-0.05, 0) is 158 Å². The fraction of sp³-hybridized carbons (Fsp3) is 0.671. The van der Waals surface area contributed by atoms with Crippen molar-refractivity contribution in [1.29, 1.82) is 0 Å². The molecule has 0 unspecified atom stereocenters. The van der Waals surface area contributed by atoms with Crippen LogP contribution < -0.4 is 0 Å². The van der Waals surface area contributed by atoms with Crippen LogP contribution in [0.5, 0.6) is 23.0 Å². The number of phenolic OH excluding ortho intramolecular Hbond substituents is 4. The molecule has 4 N–H and O–H groups in total. The number of phenols is 4. The Labute approximate surface area is 471 Å². The molecule has 426 valence electrons. The largest absolute Gasteiger partial charge is 0.508 e. The van der Waals surface area contributed by atoms with Crippen molar-refractivity contribution in [3.05, 3.63) is 119 Å². The van der Waals surface area contributed by atoms with Crippen LogP contribution in [0.3, 0.4) is 0 Å². The molecule has 4 fully saturated rings. The van der Waals surface area contributed by atoms with Crippen molar-refractivity contribution in [2.24, 2.45) is 35.5 Å². The monoisotopic (exact) mass is 1050 g/mol. The number of aromatic hydroxyl groups is 4. The summed E-state index contributed by atoms with van der Waals surface area (Å²) in [5, 5.41) is 39.5. The Kier molecular flexibility index (Phi) is 26.0. The molecule has 0 amide bonds. The summed E-state index contributed by atoms with van der Waals surface area (Å²) in [5.74, 6) is 6.95. The molecule has 4 aliphatic rings. The number of hydrogen-bond acceptors (Lipinski definition) is 4. The number of benzene rings is 4. The van der Waals surface area contributed by atoms with Gasteiger partial charge >= 0.3 is 0 Å². The van der Waals surface area contributed by atoms with Crippen LogP contribution in [0, 0.1) is 35.5 Å². The lowest BCUT2D eigenvalue weighted by atomic mass is 9.62. The minimum Gasteiger partial charge on any atom is -0.508 e. The second-order valence-corrected chi connectivity index (χ2v) is 26.0.